The first kappa shape index (κ1) is 45.2. The van der Waals surface area contributed by atoms with Gasteiger partial charge in [0.25, 0.3) is 0 Å². The van der Waals surface area contributed by atoms with E-state index in [1.165, 1.54) is 14.2 Å². The number of fused-ring (bicyclic) bond motifs is 2. The van der Waals surface area contributed by atoms with E-state index < -0.39 is 24.3 Å². The maximum absolute atomic E-state index is 13.9. The van der Waals surface area contributed by atoms with Crippen molar-refractivity contribution in [2.75, 3.05) is 32.2 Å². The fourth-order valence-electron chi connectivity index (χ4n) is 10.4. The molecule has 0 aliphatic carbocycles. The topological polar surface area (TPSA) is 191 Å². The molecule has 67 heavy (non-hydrogen) atoms. The number of pyridine rings is 1. The summed E-state index contributed by atoms with van der Waals surface area (Å²) in [5.41, 5.74) is 8.80. The molecule has 6 aromatic rings. The lowest BCUT2D eigenvalue weighted by atomic mass is 10.0. The minimum absolute atomic E-state index is 0.0289. The number of H-pyrrole nitrogens is 2. The molecule has 3 aromatic heterocycles. The third kappa shape index (κ3) is 9.00. The number of aromatic amines is 2. The van der Waals surface area contributed by atoms with Gasteiger partial charge in [-0.25, -0.2) is 19.6 Å². The maximum Gasteiger partial charge on any atom is 0.407 e. The molecule has 16 nitrogen and oxygen atoms in total. The van der Waals surface area contributed by atoms with E-state index in [0.29, 0.717) is 13.1 Å². The Labute approximate surface area is 390 Å². The summed E-state index contributed by atoms with van der Waals surface area (Å²) in [5, 5.41) is 5.48. The van der Waals surface area contributed by atoms with Crippen molar-refractivity contribution in [2.24, 2.45) is 11.8 Å². The first-order chi connectivity index (χ1) is 32.4. The van der Waals surface area contributed by atoms with E-state index in [1.54, 1.807) is 0 Å². The Kier molecular flexibility index (Phi) is 12.9. The van der Waals surface area contributed by atoms with Gasteiger partial charge in [0.1, 0.15) is 23.7 Å². The molecule has 3 aromatic carbocycles. The lowest BCUT2D eigenvalue weighted by Gasteiger charge is -2.33. The van der Waals surface area contributed by atoms with Crippen molar-refractivity contribution < 1.29 is 28.7 Å². The number of anilines is 1. The Morgan fingerprint density at radius 2 is 1.12 bits per heavy atom. The highest BCUT2D eigenvalue weighted by molar-refractivity contribution is 5.88. The number of benzene rings is 3. The average molecular weight is 909 g/mol. The second-order valence-corrected chi connectivity index (χ2v) is 18.7. The van der Waals surface area contributed by atoms with Crippen LogP contribution in [0.5, 0.6) is 0 Å². The molecule has 0 radical (unpaired) electrons. The van der Waals surface area contributed by atoms with Gasteiger partial charge < -0.3 is 44.8 Å². The molecule has 9 rings (SSSR count). The van der Waals surface area contributed by atoms with Crippen LogP contribution in [0.3, 0.4) is 0 Å². The summed E-state index contributed by atoms with van der Waals surface area (Å²) in [6.07, 6.45) is 5.54. The molecule has 0 spiro atoms. The zero-order chi connectivity index (χ0) is 46.9. The number of carbonyl (C=O) groups excluding carboxylic acids is 4. The largest absolute Gasteiger partial charge is 0.453 e. The first-order valence-electron chi connectivity index (χ1n) is 23.5. The van der Waals surface area contributed by atoms with Crippen LogP contribution in [0, 0.1) is 11.8 Å². The minimum atomic E-state index is -0.714. The van der Waals surface area contributed by atoms with Gasteiger partial charge in [0.2, 0.25) is 11.8 Å². The summed E-state index contributed by atoms with van der Waals surface area (Å²) in [4.78, 5) is 80.2. The van der Waals surface area contributed by atoms with E-state index in [-0.39, 0.29) is 47.8 Å². The fourth-order valence-corrected chi connectivity index (χ4v) is 10.4. The number of alkyl carbamates (subject to hydrolysis) is 2. The van der Waals surface area contributed by atoms with Gasteiger partial charge in [-0.2, -0.15) is 0 Å². The summed E-state index contributed by atoms with van der Waals surface area (Å²) in [6.45, 7) is 8.81. The van der Waals surface area contributed by atoms with Gasteiger partial charge in [0.15, 0.2) is 0 Å². The smallest absolute Gasteiger partial charge is 0.407 e. The van der Waals surface area contributed by atoms with Crippen LogP contribution >= 0.6 is 0 Å². The summed E-state index contributed by atoms with van der Waals surface area (Å²) < 4.78 is 9.67. The average Bonchev–Trinajstić information content (AvgIpc) is 4.20. The molecular weight excluding hydrogens is 849 g/mol. The van der Waals surface area contributed by atoms with Crippen molar-refractivity contribution in [1.29, 1.82) is 0 Å². The number of nitrogens with zero attached hydrogens (tertiary/aromatic N) is 6. The Bertz CT molecular complexity index is 2610. The van der Waals surface area contributed by atoms with E-state index in [9.17, 15) is 19.2 Å². The standard InChI is InChI=1S/C51H60N10O6/c1-29(2)44(57-50(64)66-5)48(62)59-25-9-12-42(59)46-53-36-20-16-32(27-38(36)55-46)40-22-23-41(61(40)34-18-14-31(15-19-34)35-11-7-8-24-52-35)33-17-21-37-39(28-33)56-47(54-37)43-13-10-26-60(43)49(63)45(30(3)4)58-51(65)67-6/h7-8,11,14-21,24,27-30,40-45H,9-10,12-13,22-23,25-26H2,1-6H3,(H,53,55)(H,54,56)(H,57,64)(H,58,65)/t40-,41-,42+,43+,44+,45?/m1/s1. The lowest BCUT2D eigenvalue weighted by Crippen LogP contribution is -2.51. The zero-order valence-electron chi connectivity index (χ0n) is 39.0. The number of ether oxygens (including phenoxy) is 2. The molecular formula is C51H60N10O6. The number of methoxy groups -OCH3 is 2. The molecule has 0 bridgehead atoms. The van der Waals surface area contributed by atoms with Gasteiger partial charge in [0.05, 0.1) is 66.1 Å². The first-order valence-corrected chi connectivity index (χ1v) is 23.5. The van der Waals surface area contributed by atoms with Crippen molar-refractivity contribution >= 4 is 51.8 Å². The number of aromatic nitrogens is 5. The van der Waals surface area contributed by atoms with E-state index in [2.05, 4.69) is 91.1 Å². The quantitative estimate of drug-likeness (QED) is 0.0924. The van der Waals surface area contributed by atoms with Crippen molar-refractivity contribution in [1.82, 2.24) is 45.4 Å². The number of carbonyl (C=O) groups is 4. The minimum Gasteiger partial charge on any atom is -0.453 e. The van der Waals surface area contributed by atoms with E-state index in [0.717, 1.165) is 100 Å². The Morgan fingerprint density at radius 3 is 1.55 bits per heavy atom. The molecule has 3 aliphatic heterocycles. The zero-order valence-corrected chi connectivity index (χ0v) is 39.0. The van der Waals surface area contributed by atoms with Gasteiger partial charge in [-0.1, -0.05) is 58.0 Å². The van der Waals surface area contributed by atoms with E-state index in [1.807, 2.05) is 61.9 Å². The number of amides is 4. The van der Waals surface area contributed by atoms with Crippen LogP contribution in [0.2, 0.25) is 0 Å². The highest BCUT2D eigenvalue weighted by atomic mass is 16.5. The Hall–Kier alpha value is -6.97. The molecule has 4 N–H and O–H groups in total. The van der Waals surface area contributed by atoms with E-state index >= 15 is 0 Å². The van der Waals surface area contributed by atoms with Crippen LogP contribution in [-0.4, -0.2) is 98.1 Å². The van der Waals surface area contributed by atoms with Crippen molar-refractivity contribution in [2.45, 2.75) is 102 Å². The molecule has 350 valence electrons. The summed E-state index contributed by atoms with van der Waals surface area (Å²) in [7, 11) is 2.60. The fraction of sp³-hybridized carbons (Fsp3) is 0.431. The molecule has 4 amide bonds. The molecule has 6 heterocycles. The summed E-state index contributed by atoms with van der Waals surface area (Å²) in [5.74, 6) is 0.929. The van der Waals surface area contributed by atoms with Crippen LogP contribution < -0.4 is 15.5 Å². The van der Waals surface area contributed by atoms with Crippen molar-refractivity contribution in [3.05, 3.63) is 108 Å². The van der Waals surface area contributed by atoms with Crippen LogP contribution in [0.15, 0.2) is 85.1 Å². The maximum atomic E-state index is 13.9. The summed E-state index contributed by atoms with van der Waals surface area (Å²) >= 11 is 0. The molecule has 3 aliphatic rings. The molecule has 3 saturated heterocycles. The van der Waals surface area contributed by atoms with Gasteiger partial charge >= 0.3 is 12.2 Å². The summed E-state index contributed by atoms with van der Waals surface area (Å²) in [6, 6.07) is 25.6. The van der Waals surface area contributed by atoms with Crippen LogP contribution in [0.25, 0.3) is 33.3 Å². The SMILES string of the molecule is COC(=O)NC(C(=O)N1CCC[C@H]1c1nc2ccc([C@H]3CC[C@H](c4ccc5nc([C@@H]6CCCN6C(=O)[C@@H](NC(=O)OC)C(C)C)[nH]c5c4)N3c3ccc(-c4ccccn4)cc3)cc2[nH]1)C(C)C. The molecule has 0 saturated carbocycles. The molecule has 16 heteroatoms. The monoisotopic (exact) mass is 908 g/mol. The second kappa shape index (κ2) is 19.1. The highest BCUT2D eigenvalue weighted by Gasteiger charge is 2.40. The number of rotatable bonds is 12. The second-order valence-electron chi connectivity index (χ2n) is 18.7. The Morgan fingerprint density at radius 1 is 0.627 bits per heavy atom. The number of likely N-dealkylation sites (tertiary alicyclic amines) is 2. The van der Waals surface area contributed by atoms with Crippen molar-refractivity contribution in [3.8, 4) is 11.3 Å². The van der Waals surface area contributed by atoms with Gasteiger partial charge in [0, 0.05) is 30.5 Å². The van der Waals surface area contributed by atoms with Gasteiger partial charge in [-0.15, -0.1) is 0 Å². The highest BCUT2D eigenvalue weighted by Crippen LogP contribution is 2.48. The predicted octanol–water partition coefficient (Wildman–Crippen LogP) is 8.67. The predicted molar refractivity (Wildman–Crippen MR) is 255 cm³/mol. The van der Waals surface area contributed by atoms with Crippen molar-refractivity contribution in [3.63, 3.8) is 0 Å². The number of hydrogen-bond acceptors (Lipinski definition) is 10. The number of nitrogens with one attached hydrogen (secondary N) is 4. The molecule has 6 atom stereocenters. The number of imidazole rings is 2. The normalized spacial score (nSPS) is 20.5. The third-order valence-electron chi connectivity index (χ3n) is 13.8. The van der Waals surface area contributed by atoms with E-state index in [4.69, 9.17) is 19.4 Å². The number of hydrogen-bond donors (Lipinski definition) is 4. The van der Waals surface area contributed by atoms with Crippen LogP contribution in [-0.2, 0) is 19.1 Å². The van der Waals surface area contributed by atoms with Gasteiger partial charge in [-0.3, -0.25) is 14.6 Å². The third-order valence-corrected chi connectivity index (χ3v) is 13.8. The van der Waals surface area contributed by atoms with Gasteiger partial charge in [-0.05, 0) is 110 Å². The molecule has 3 fully saturated rings. The molecule has 1 unspecified atom stereocenters. The van der Waals surface area contributed by atoms with Crippen LogP contribution in [0.1, 0.15) is 113 Å². The Balaban J connectivity index is 1.02. The lowest BCUT2D eigenvalue weighted by molar-refractivity contribution is -0.136. The van der Waals surface area contributed by atoms with Crippen LogP contribution in [0.4, 0.5) is 15.3 Å².